The minimum atomic E-state index is -1.01. The van der Waals surface area contributed by atoms with Gasteiger partial charge < -0.3 is 0 Å². The minimum Gasteiger partial charge on any atom is -0.289 e. The van der Waals surface area contributed by atoms with E-state index < -0.39 is 11.6 Å². The van der Waals surface area contributed by atoms with E-state index >= 15 is 0 Å². The van der Waals surface area contributed by atoms with Crippen LogP contribution in [0.1, 0.15) is 36.0 Å². The molecule has 0 atom stereocenters. The number of Topliss-reactive ketones (excluding diaryl/α,β-unsaturated/α-hetero) is 1. The van der Waals surface area contributed by atoms with Crippen molar-refractivity contribution in [2.75, 3.05) is 0 Å². The standard InChI is InChI=1S/C13H11BrF2O/c14-11-9(6-7-10(15)12(11)16)13(17)8-4-2-1-3-5-8/h4,6-7H,1-3,5H2. The predicted octanol–water partition coefficient (Wildman–Crippen LogP) is 4.41. The lowest BCUT2D eigenvalue weighted by atomic mass is 9.93. The van der Waals surface area contributed by atoms with Crippen LogP contribution in [0.5, 0.6) is 0 Å². The van der Waals surface area contributed by atoms with Crippen LogP contribution in [0.2, 0.25) is 0 Å². The summed E-state index contributed by atoms with van der Waals surface area (Å²) in [5.74, 6) is -2.17. The molecule has 0 radical (unpaired) electrons. The number of carbonyl (C=O) groups excluding carboxylic acids is 1. The Labute approximate surface area is 107 Å². The topological polar surface area (TPSA) is 17.1 Å². The van der Waals surface area contributed by atoms with Gasteiger partial charge in [0.05, 0.1) is 4.47 Å². The van der Waals surface area contributed by atoms with Crippen LogP contribution >= 0.6 is 15.9 Å². The van der Waals surface area contributed by atoms with Crippen LogP contribution < -0.4 is 0 Å². The van der Waals surface area contributed by atoms with E-state index in [1.54, 1.807) is 0 Å². The summed E-state index contributed by atoms with van der Waals surface area (Å²) in [6, 6.07) is 2.30. The first-order valence-electron chi connectivity index (χ1n) is 5.48. The molecule has 0 heterocycles. The number of benzene rings is 1. The van der Waals surface area contributed by atoms with Gasteiger partial charge in [-0.05, 0) is 59.3 Å². The lowest BCUT2D eigenvalue weighted by Gasteiger charge is -2.12. The van der Waals surface area contributed by atoms with Gasteiger partial charge in [-0.3, -0.25) is 4.79 Å². The molecule has 0 spiro atoms. The fraction of sp³-hybridized carbons (Fsp3) is 0.308. The number of allylic oxidation sites excluding steroid dienone is 2. The molecule has 0 amide bonds. The van der Waals surface area contributed by atoms with Crippen LogP contribution in [0.25, 0.3) is 0 Å². The summed E-state index contributed by atoms with van der Waals surface area (Å²) in [4.78, 5) is 12.1. The number of halogens is 3. The Hall–Kier alpha value is -1.03. The zero-order chi connectivity index (χ0) is 12.4. The Morgan fingerprint density at radius 1 is 1.24 bits per heavy atom. The van der Waals surface area contributed by atoms with E-state index in [1.165, 1.54) is 6.07 Å². The van der Waals surface area contributed by atoms with Crippen LogP contribution in [0, 0.1) is 11.6 Å². The van der Waals surface area contributed by atoms with Gasteiger partial charge in [0.1, 0.15) is 0 Å². The Bertz CT molecular complexity index is 494. The van der Waals surface area contributed by atoms with Crippen molar-refractivity contribution < 1.29 is 13.6 Å². The predicted molar refractivity (Wildman–Crippen MR) is 64.9 cm³/mol. The van der Waals surface area contributed by atoms with Crippen molar-refractivity contribution in [3.05, 3.63) is 45.5 Å². The average molecular weight is 301 g/mol. The van der Waals surface area contributed by atoms with Crippen molar-refractivity contribution in [2.24, 2.45) is 0 Å². The van der Waals surface area contributed by atoms with Gasteiger partial charge in [-0.15, -0.1) is 0 Å². The van der Waals surface area contributed by atoms with E-state index in [-0.39, 0.29) is 15.8 Å². The number of ketones is 1. The Morgan fingerprint density at radius 3 is 2.65 bits per heavy atom. The zero-order valence-electron chi connectivity index (χ0n) is 9.10. The zero-order valence-corrected chi connectivity index (χ0v) is 10.7. The van der Waals surface area contributed by atoms with Crippen LogP contribution in [-0.4, -0.2) is 5.78 Å². The van der Waals surface area contributed by atoms with Gasteiger partial charge in [-0.25, -0.2) is 8.78 Å². The lowest BCUT2D eigenvalue weighted by molar-refractivity contribution is 0.102. The van der Waals surface area contributed by atoms with Gasteiger partial charge in [-0.1, -0.05) is 6.08 Å². The first-order chi connectivity index (χ1) is 8.11. The molecule has 1 nitrogen and oxygen atoms in total. The van der Waals surface area contributed by atoms with Crippen molar-refractivity contribution in [1.82, 2.24) is 0 Å². The molecular formula is C13H11BrF2O. The normalized spacial score (nSPS) is 15.6. The van der Waals surface area contributed by atoms with E-state index in [9.17, 15) is 13.6 Å². The Morgan fingerprint density at radius 2 is 2.00 bits per heavy atom. The van der Waals surface area contributed by atoms with Crippen molar-refractivity contribution in [3.8, 4) is 0 Å². The van der Waals surface area contributed by atoms with E-state index in [2.05, 4.69) is 15.9 Å². The van der Waals surface area contributed by atoms with Gasteiger partial charge in [0.25, 0.3) is 0 Å². The lowest BCUT2D eigenvalue weighted by Crippen LogP contribution is -2.08. The molecule has 1 aromatic carbocycles. The summed E-state index contributed by atoms with van der Waals surface area (Å²) in [5, 5.41) is 0. The molecule has 0 bridgehead atoms. The van der Waals surface area contributed by atoms with Crippen LogP contribution in [0.4, 0.5) is 8.78 Å². The summed E-state index contributed by atoms with van der Waals surface area (Å²) < 4.78 is 26.2. The highest BCUT2D eigenvalue weighted by molar-refractivity contribution is 9.10. The van der Waals surface area contributed by atoms with Gasteiger partial charge in [-0.2, -0.15) is 0 Å². The average Bonchev–Trinajstić information content (AvgIpc) is 2.36. The monoisotopic (exact) mass is 300 g/mol. The highest BCUT2D eigenvalue weighted by atomic mass is 79.9. The molecule has 0 aliphatic heterocycles. The number of hydrogen-bond acceptors (Lipinski definition) is 1. The molecule has 0 aromatic heterocycles. The molecule has 0 saturated heterocycles. The molecule has 90 valence electrons. The maximum atomic E-state index is 13.3. The molecule has 1 aromatic rings. The third kappa shape index (κ3) is 2.46. The van der Waals surface area contributed by atoms with Gasteiger partial charge in [0.2, 0.25) is 0 Å². The highest BCUT2D eigenvalue weighted by Crippen LogP contribution is 2.28. The molecule has 0 unspecified atom stereocenters. The summed E-state index contributed by atoms with van der Waals surface area (Å²) in [5.41, 5.74) is 0.889. The molecule has 1 aliphatic rings. The third-order valence-electron chi connectivity index (χ3n) is 2.86. The van der Waals surface area contributed by atoms with E-state index in [1.807, 2.05) is 6.08 Å². The quantitative estimate of drug-likeness (QED) is 0.584. The second-order valence-corrected chi connectivity index (χ2v) is 4.82. The molecule has 4 heteroatoms. The van der Waals surface area contributed by atoms with E-state index in [0.717, 1.165) is 25.3 Å². The fourth-order valence-electron chi connectivity index (χ4n) is 1.92. The fourth-order valence-corrected chi connectivity index (χ4v) is 2.42. The largest absolute Gasteiger partial charge is 0.289 e. The minimum absolute atomic E-state index is 0.0889. The summed E-state index contributed by atoms with van der Waals surface area (Å²) >= 11 is 2.94. The molecule has 17 heavy (non-hydrogen) atoms. The number of rotatable bonds is 2. The first-order valence-corrected chi connectivity index (χ1v) is 6.28. The van der Waals surface area contributed by atoms with Gasteiger partial charge in [0, 0.05) is 5.56 Å². The number of carbonyl (C=O) groups is 1. The molecule has 0 fully saturated rings. The second kappa shape index (κ2) is 5.08. The van der Waals surface area contributed by atoms with Crippen molar-refractivity contribution in [1.29, 1.82) is 0 Å². The molecular weight excluding hydrogens is 290 g/mol. The van der Waals surface area contributed by atoms with Gasteiger partial charge >= 0.3 is 0 Å². The molecule has 1 aliphatic carbocycles. The SMILES string of the molecule is O=C(C1=CCCCC1)c1ccc(F)c(F)c1Br. The Kier molecular flexibility index (Phi) is 3.72. The summed E-state index contributed by atoms with van der Waals surface area (Å²) in [7, 11) is 0. The van der Waals surface area contributed by atoms with Crippen molar-refractivity contribution in [3.63, 3.8) is 0 Å². The molecule has 0 saturated carbocycles. The molecule has 2 rings (SSSR count). The second-order valence-electron chi connectivity index (χ2n) is 4.03. The maximum Gasteiger partial charge on any atom is 0.189 e. The van der Waals surface area contributed by atoms with Crippen molar-refractivity contribution in [2.45, 2.75) is 25.7 Å². The van der Waals surface area contributed by atoms with Crippen LogP contribution in [-0.2, 0) is 0 Å². The van der Waals surface area contributed by atoms with Crippen LogP contribution in [0.15, 0.2) is 28.3 Å². The molecule has 0 N–H and O–H groups in total. The smallest absolute Gasteiger partial charge is 0.189 e. The first kappa shape index (κ1) is 12.4. The van der Waals surface area contributed by atoms with E-state index in [4.69, 9.17) is 0 Å². The van der Waals surface area contributed by atoms with Crippen LogP contribution in [0.3, 0.4) is 0 Å². The van der Waals surface area contributed by atoms with E-state index in [0.29, 0.717) is 12.0 Å². The highest BCUT2D eigenvalue weighted by Gasteiger charge is 2.20. The third-order valence-corrected chi connectivity index (χ3v) is 3.64. The summed E-state index contributed by atoms with van der Waals surface area (Å²) in [6.45, 7) is 0. The van der Waals surface area contributed by atoms with Gasteiger partial charge in [0.15, 0.2) is 17.4 Å². The maximum absolute atomic E-state index is 13.3. The summed E-state index contributed by atoms with van der Waals surface area (Å²) in [6.07, 6.45) is 5.53. The van der Waals surface area contributed by atoms with Crippen molar-refractivity contribution >= 4 is 21.7 Å². The number of hydrogen-bond donors (Lipinski definition) is 0. The Balaban J connectivity index is 2.37.